The number of halogens is 1. The van der Waals surface area contributed by atoms with Gasteiger partial charge < -0.3 is 10.4 Å². The summed E-state index contributed by atoms with van der Waals surface area (Å²) in [5, 5.41) is 11.8. The molecule has 2 atom stereocenters. The van der Waals surface area contributed by atoms with Gasteiger partial charge in [0.25, 0.3) is 0 Å². The van der Waals surface area contributed by atoms with Gasteiger partial charge in [-0.1, -0.05) is 41.9 Å². The van der Waals surface area contributed by atoms with Crippen LogP contribution in [0.1, 0.15) is 38.3 Å². The predicted molar refractivity (Wildman–Crippen MR) is 76.7 cm³/mol. The Morgan fingerprint density at radius 2 is 2.11 bits per heavy atom. The lowest BCUT2D eigenvalue weighted by Gasteiger charge is -2.20. The molecule has 0 radical (unpaired) electrons. The molecular formula is C14H18BrNO3. The Kier molecular flexibility index (Phi) is 6.02. The number of hydrogen-bond acceptors (Lipinski definition) is 2. The van der Waals surface area contributed by atoms with Crippen molar-refractivity contribution >= 4 is 27.8 Å². The highest BCUT2D eigenvalue weighted by Crippen LogP contribution is 2.21. The molecule has 0 saturated carbocycles. The summed E-state index contributed by atoms with van der Waals surface area (Å²) in [7, 11) is 0. The van der Waals surface area contributed by atoms with Crippen LogP contribution in [0.15, 0.2) is 28.7 Å². The van der Waals surface area contributed by atoms with Crippen molar-refractivity contribution in [3.05, 3.63) is 34.3 Å². The van der Waals surface area contributed by atoms with E-state index in [0.717, 1.165) is 16.5 Å². The number of carboxylic acids is 1. The standard InChI is InChI=1S/C14H18BrNO3/c1-3-9(2)14(19)16-12(8-13(17)18)10-5-4-6-11(15)7-10/h4-7,9,12H,3,8H2,1-2H3,(H,16,19)(H,17,18). The molecule has 1 rings (SSSR count). The zero-order valence-corrected chi connectivity index (χ0v) is 12.6. The molecule has 0 fully saturated rings. The maximum Gasteiger partial charge on any atom is 0.305 e. The Hall–Kier alpha value is -1.36. The topological polar surface area (TPSA) is 66.4 Å². The van der Waals surface area contributed by atoms with Gasteiger partial charge in [-0.2, -0.15) is 0 Å². The normalized spacial score (nSPS) is 13.6. The lowest BCUT2D eigenvalue weighted by atomic mass is 10.0. The number of carbonyl (C=O) groups is 2. The molecule has 4 nitrogen and oxygen atoms in total. The van der Waals surface area contributed by atoms with Crippen molar-refractivity contribution in [3.63, 3.8) is 0 Å². The lowest BCUT2D eigenvalue weighted by molar-refractivity contribution is -0.137. The van der Waals surface area contributed by atoms with Gasteiger partial charge in [-0.15, -0.1) is 0 Å². The number of aliphatic carboxylic acids is 1. The molecule has 1 aromatic carbocycles. The van der Waals surface area contributed by atoms with Crippen LogP contribution in [0.4, 0.5) is 0 Å². The maximum atomic E-state index is 11.9. The molecule has 0 spiro atoms. The van der Waals surface area contributed by atoms with Crippen molar-refractivity contribution in [1.29, 1.82) is 0 Å². The Morgan fingerprint density at radius 3 is 2.63 bits per heavy atom. The van der Waals surface area contributed by atoms with Gasteiger partial charge in [-0.05, 0) is 24.1 Å². The molecule has 0 aromatic heterocycles. The number of nitrogens with one attached hydrogen (secondary N) is 1. The summed E-state index contributed by atoms with van der Waals surface area (Å²) in [5.41, 5.74) is 0.786. The molecule has 0 heterocycles. The molecule has 19 heavy (non-hydrogen) atoms. The van der Waals surface area contributed by atoms with Gasteiger partial charge in [-0.3, -0.25) is 9.59 Å². The number of hydrogen-bond donors (Lipinski definition) is 2. The van der Waals surface area contributed by atoms with Crippen molar-refractivity contribution in [1.82, 2.24) is 5.32 Å². The fraction of sp³-hybridized carbons (Fsp3) is 0.429. The molecule has 1 amide bonds. The van der Waals surface area contributed by atoms with E-state index >= 15 is 0 Å². The summed E-state index contributed by atoms with van der Waals surface area (Å²) in [6, 6.07) is 6.82. The number of carboxylic acid groups (broad SMARTS) is 1. The number of carbonyl (C=O) groups excluding carboxylic acids is 1. The van der Waals surface area contributed by atoms with Crippen LogP contribution in [0.25, 0.3) is 0 Å². The van der Waals surface area contributed by atoms with Crippen LogP contribution in [0.2, 0.25) is 0 Å². The Labute approximate surface area is 121 Å². The van der Waals surface area contributed by atoms with E-state index in [1.54, 1.807) is 0 Å². The van der Waals surface area contributed by atoms with E-state index in [1.807, 2.05) is 38.1 Å². The average Bonchev–Trinajstić information content (AvgIpc) is 2.36. The Balaban J connectivity index is 2.89. The number of rotatable bonds is 6. The third-order valence-corrected chi connectivity index (χ3v) is 3.50. The summed E-state index contributed by atoms with van der Waals surface area (Å²) in [5.74, 6) is -1.17. The summed E-state index contributed by atoms with van der Waals surface area (Å²) < 4.78 is 0.859. The van der Waals surface area contributed by atoms with E-state index in [1.165, 1.54) is 0 Å². The third-order valence-electron chi connectivity index (χ3n) is 3.01. The monoisotopic (exact) mass is 327 g/mol. The van der Waals surface area contributed by atoms with E-state index in [2.05, 4.69) is 21.2 Å². The third kappa shape index (κ3) is 5.03. The Morgan fingerprint density at radius 1 is 1.42 bits per heavy atom. The SMILES string of the molecule is CCC(C)C(=O)NC(CC(=O)O)c1cccc(Br)c1. The molecular weight excluding hydrogens is 310 g/mol. The van der Waals surface area contributed by atoms with Crippen LogP contribution in [0, 0.1) is 5.92 Å². The van der Waals surface area contributed by atoms with Crippen molar-refractivity contribution in [2.24, 2.45) is 5.92 Å². The van der Waals surface area contributed by atoms with Gasteiger partial charge in [0.1, 0.15) is 0 Å². The van der Waals surface area contributed by atoms with Crippen molar-refractivity contribution in [2.45, 2.75) is 32.7 Å². The highest BCUT2D eigenvalue weighted by molar-refractivity contribution is 9.10. The first-order valence-corrected chi connectivity index (χ1v) is 7.01. The molecule has 0 bridgehead atoms. The predicted octanol–water partition coefficient (Wildman–Crippen LogP) is 3.13. The highest BCUT2D eigenvalue weighted by Gasteiger charge is 2.20. The van der Waals surface area contributed by atoms with E-state index in [-0.39, 0.29) is 18.2 Å². The summed E-state index contributed by atoms with van der Waals surface area (Å²) in [4.78, 5) is 22.8. The Bertz CT molecular complexity index is 462. The quantitative estimate of drug-likeness (QED) is 0.843. The van der Waals surface area contributed by atoms with Crippen LogP contribution in [0.3, 0.4) is 0 Å². The van der Waals surface area contributed by atoms with E-state index in [0.29, 0.717) is 0 Å². The minimum Gasteiger partial charge on any atom is -0.481 e. The van der Waals surface area contributed by atoms with Gasteiger partial charge in [0.05, 0.1) is 12.5 Å². The first-order valence-electron chi connectivity index (χ1n) is 6.21. The lowest BCUT2D eigenvalue weighted by Crippen LogP contribution is -2.33. The molecule has 0 aliphatic heterocycles. The van der Waals surface area contributed by atoms with Crippen LogP contribution < -0.4 is 5.32 Å². The minimum atomic E-state index is -0.936. The van der Waals surface area contributed by atoms with Crippen LogP contribution in [-0.4, -0.2) is 17.0 Å². The molecule has 0 aliphatic carbocycles. The molecule has 0 aliphatic rings. The smallest absolute Gasteiger partial charge is 0.305 e. The summed E-state index contributed by atoms with van der Waals surface area (Å²) in [6.07, 6.45) is 0.600. The van der Waals surface area contributed by atoms with Crippen LogP contribution >= 0.6 is 15.9 Å². The fourth-order valence-electron chi connectivity index (χ4n) is 1.65. The van der Waals surface area contributed by atoms with Crippen molar-refractivity contribution in [3.8, 4) is 0 Å². The molecule has 1 aromatic rings. The van der Waals surface area contributed by atoms with Gasteiger partial charge in [0, 0.05) is 10.4 Å². The van der Waals surface area contributed by atoms with Gasteiger partial charge >= 0.3 is 5.97 Å². The summed E-state index contributed by atoms with van der Waals surface area (Å²) >= 11 is 3.35. The molecule has 5 heteroatoms. The number of amides is 1. The van der Waals surface area contributed by atoms with Crippen molar-refractivity contribution in [2.75, 3.05) is 0 Å². The fourth-order valence-corrected chi connectivity index (χ4v) is 2.07. The summed E-state index contributed by atoms with van der Waals surface area (Å²) in [6.45, 7) is 3.75. The largest absolute Gasteiger partial charge is 0.481 e. The maximum absolute atomic E-state index is 11.9. The second-order valence-electron chi connectivity index (χ2n) is 4.52. The van der Waals surface area contributed by atoms with Crippen LogP contribution in [0.5, 0.6) is 0 Å². The zero-order valence-electron chi connectivity index (χ0n) is 11.0. The molecule has 104 valence electrons. The van der Waals surface area contributed by atoms with E-state index in [9.17, 15) is 9.59 Å². The molecule has 0 saturated heterocycles. The first-order chi connectivity index (χ1) is 8.93. The van der Waals surface area contributed by atoms with Gasteiger partial charge in [0.15, 0.2) is 0 Å². The minimum absolute atomic E-state index is 0.117. The first kappa shape index (κ1) is 15.7. The second-order valence-corrected chi connectivity index (χ2v) is 5.44. The van der Waals surface area contributed by atoms with E-state index in [4.69, 9.17) is 5.11 Å². The van der Waals surface area contributed by atoms with Gasteiger partial charge in [0.2, 0.25) is 5.91 Å². The highest BCUT2D eigenvalue weighted by atomic mass is 79.9. The van der Waals surface area contributed by atoms with Crippen molar-refractivity contribution < 1.29 is 14.7 Å². The molecule has 2 unspecified atom stereocenters. The molecule has 2 N–H and O–H groups in total. The number of benzene rings is 1. The van der Waals surface area contributed by atoms with Crippen LogP contribution in [-0.2, 0) is 9.59 Å². The second kappa shape index (κ2) is 7.28. The van der Waals surface area contributed by atoms with E-state index < -0.39 is 12.0 Å². The van der Waals surface area contributed by atoms with Gasteiger partial charge in [-0.25, -0.2) is 0 Å². The average molecular weight is 328 g/mol. The zero-order chi connectivity index (χ0) is 14.4.